The molecule has 1 aromatic carbocycles. The standard InChI is InChI=1S/C20H26BF2NO3S/c1-12(2)28-16(13(3)17(22)23)18(25)24-15-11-9-8-10-14(15)21-26-19(4,5)20(6,7)27-21/h8-11,17H,1H2,2-7H3,(H,24,25)/b16-13+. The molecule has 0 aliphatic carbocycles. The zero-order chi connectivity index (χ0) is 21.3. The Morgan fingerprint density at radius 3 is 2.18 bits per heavy atom. The van der Waals surface area contributed by atoms with Crippen LogP contribution in [0.3, 0.4) is 0 Å². The lowest BCUT2D eigenvalue weighted by molar-refractivity contribution is -0.112. The van der Waals surface area contributed by atoms with Gasteiger partial charge in [-0.05, 0) is 52.5 Å². The topological polar surface area (TPSA) is 47.6 Å². The van der Waals surface area contributed by atoms with Crippen LogP contribution in [0.1, 0.15) is 41.5 Å². The first-order valence-corrected chi connectivity index (χ1v) is 9.75. The van der Waals surface area contributed by atoms with Gasteiger partial charge in [-0.15, -0.1) is 0 Å². The van der Waals surface area contributed by atoms with Crippen LogP contribution in [0.25, 0.3) is 0 Å². The average molecular weight is 409 g/mol. The number of hydrogen-bond acceptors (Lipinski definition) is 4. The van der Waals surface area contributed by atoms with Gasteiger partial charge in [-0.25, -0.2) is 8.78 Å². The van der Waals surface area contributed by atoms with Crippen molar-refractivity contribution in [2.75, 3.05) is 5.32 Å². The Hall–Kier alpha value is -1.64. The van der Waals surface area contributed by atoms with Gasteiger partial charge in [0.05, 0.1) is 16.1 Å². The van der Waals surface area contributed by atoms with E-state index in [1.54, 1.807) is 31.2 Å². The van der Waals surface area contributed by atoms with E-state index in [2.05, 4.69) is 11.9 Å². The highest BCUT2D eigenvalue weighted by Crippen LogP contribution is 2.37. The van der Waals surface area contributed by atoms with Crippen LogP contribution in [-0.4, -0.2) is 30.7 Å². The minimum Gasteiger partial charge on any atom is -0.399 e. The number of allylic oxidation sites excluding steroid dienone is 2. The first-order valence-electron chi connectivity index (χ1n) is 8.94. The lowest BCUT2D eigenvalue weighted by Gasteiger charge is -2.32. The SMILES string of the molecule is C=C(C)S/C(C(=O)Nc1ccccc1B1OC(C)(C)C(C)(C)O1)=C(\C)C(F)F. The fourth-order valence-corrected chi connectivity index (χ4v) is 3.29. The van der Waals surface area contributed by atoms with Crippen molar-refractivity contribution in [2.24, 2.45) is 0 Å². The van der Waals surface area contributed by atoms with Crippen LogP contribution in [0.5, 0.6) is 0 Å². The van der Waals surface area contributed by atoms with Gasteiger partial charge in [0.15, 0.2) is 0 Å². The molecule has 1 N–H and O–H groups in total. The number of anilines is 1. The van der Waals surface area contributed by atoms with Crippen LogP contribution in [0, 0.1) is 0 Å². The molecule has 152 valence electrons. The number of amides is 1. The van der Waals surface area contributed by atoms with E-state index in [9.17, 15) is 13.6 Å². The number of benzene rings is 1. The number of carbonyl (C=O) groups is 1. The number of rotatable bonds is 6. The molecule has 1 fully saturated rings. The molecular weight excluding hydrogens is 383 g/mol. The zero-order valence-electron chi connectivity index (χ0n) is 17.1. The molecule has 8 heteroatoms. The van der Waals surface area contributed by atoms with Gasteiger partial charge < -0.3 is 14.6 Å². The second kappa shape index (κ2) is 8.39. The molecule has 0 bridgehead atoms. The summed E-state index contributed by atoms with van der Waals surface area (Å²) in [4.78, 5) is 13.3. The third-order valence-corrected chi connectivity index (χ3v) is 5.94. The van der Waals surface area contributed by atoms with E-state index in [0.29, 0.717) is 16.1 Å². The molecule has 1 aliphatic heterocycles. The van der Waals surface area contributed by atoms with Crippen molar-refractivity contribution in [1.82, 2.24) is 0 Å². The second-order valence-corrected chi connectivity index (χ2v) is 9.06. The lowest BCUT2D eigenvalue weighted by Crippen LogP contribution is -2.41. The molecule has 0 atom stereocenters. The van der Waals surface area contributed by atoms with Gasteiger partial charge in [0.2, 0.25) is 0 Å². The van der Waals surface area contributed by atoms with Crippen LogP contribution in [0.15, 0.2) is 46.2 Å². The van der Waals surface area contributed by atoms with Crippen molar-refractivity contribution in [3.8, 4) is 0 Å². The molecule has 0 unspecified atom stereocenters. The molecule has 1 saturated heterocycles. The lowest BCUT2D eigenvalue weighted by atomic mass is 9.78. The van der Waals surface area contributed by atoms with Crippen LogP contribution in [-0.2, 0) is 14.1 Å². The maximum Gasteiger partial charge on any atom is 0.496 e. The minimum atomic E-state index is -2.73. The van der Waals surface area contributed by atoms with Crippen molar-refractivity contribution >= 4 is 35.9 Å². The van der Waals surface area contributed by atoms with E-state index in [1.807, 2.05) is 27.7 Å². The summed E-state index contributed by atoms with van der Waals surface area (Å²) in [5, 5.41) is 2.73. The highest BCUT2D eigenvalue weighted by molar-refractivity contribution is 8.07. The minimum absolute atomic E-state index is 0.0637. The zero-order valence-corrected chi connectivity index (χ0v) is 17.9. The van der Waals surface area contributed by atoms with Gasteiger partial charge in [-0.1, -0.05) is 36.5 Å². The Labute approximate surface area is 169 Å². The second-order valence-electron chi connectivity index (χ2n) is 7.75. The van der Waals surface area contributed by atoms with Gasteiger partial charge in [-0.3, -0.25) is 4.79 Å². The van der Waals surface area contributed by atoms with Crippen LogP contribution in [0.2, 0.25) is 0 Å². The quantitative estimate of drug-likeness (QED) is 0.545. The monoisotopic (exact) mass is 409 g/mol. The fourth-order valence-electron chi connectivity index (χ4n) is 2.54. The van der Waals surface area contributed by atoms with E-state index in [-0.39, 0.29) is 10.5 Å². The molecule has 28 heavy (non-hydrogen) atoms. The molecule has 0 aromatic heterocycles. The largest absolute Gasteiger partial charge is 0.496 e. The van der Waals surface area contributed by atoms with E-state index >= 15 is 0 Å². The Kier molecular flexibility index (Phi) is 6.79. The van der Waals surface area contributed by atoms with Crippen molar-refractivity contribution < 1.29 is 22.9 Å². The Balaban J connectivity index is 2.34. The molecule has 0 radical (unpaired) electrons. The third-order valence-electron chi connectivity index (χ3n) is 4.88. The molecule has 0 spiro atoms. The number of halogens is 2. The Bertz CT molecular complexity index is 792. The molecule has 1 amide bonds. The predicted octanol–water partition coefficient (Wildman–Crippen LogP) is 4.73. The normalized spacial score (nSPS) is 18.8. The van der Waals surface area contributed by atoms with Crippen molar-refractivity contribution in [2.45, 2.75) is 59.2 Å². The van der Waals surface area contributed by atoms with E-state index in [4.69, 9.17) is 9.31 Å². The first kappa shape index (κ1) is 22.7. The summed E-state index contributed by atoms with van der Waals surface area (Å²) in [5.41, 5.74) is -0.292. The molecule has 1 heterocycles. The molecule has 1 aliphatic rings. The smallest absolute Gasteiger partial charge is 0.399 e. The van der Waals surface area contributed by atoms with Crippen molar-refractivity contribution in [3.05, 3.63) is 46.2 Å². The van der Waals surface area contributed by atoms with Crippen LogP contribution in [0.4, 0.5) is 14.5 Å². The van der Waals surface area contributed by atoms with Gasteiger partial charge in [0, 0.05) is 16.7 Å². The van der Waals surface area contributed by atoms with Crippen LogP contribution < -0.4 is 10.8 Å². The maximum absolute atomic E-state index is 13.2. The summed E-state index contributed by atoms with van der Waals surface area (Å²) in [5.74, 6) is -0.616. The van der Waals surface area contributed by atoms with Crippen molar-refractivity contribution in [1.29, 1.82) is 0 Å². The summed E-state index contributed by atoms with van der Waals surface area (Å²) >= 11 is 0.932. The molecule has 2 rings (SSSR count). The third kappa shape index (κ3) is 4.85. The molecule has 0 saturated carbocycles. The number of para-hydroxylation sites is 1. The van der Waals surface area contributed by atoms with Gasteiger partial charge in [0.1, 0.15) is 0 Å². The summed E-state index contributed by atoms with van der Waals surface area (Å²) in [6, 6.07) is 7.03. The Morgan fingerprint density at radius 1 is 1.14 bits per heavy atom. The maximum atomic E-state index is 13.2. The van der Waals surface area contributed by atoms with E-state index in [1.165, 1.54) is 6.92 Å². The summed E-state index contributed by atoms with van der Waals surface area (Å²) in [6.07, 6.45) is -2.73. The van der Waals surface area contributed by atoms with E-state index < -0.39 is 30.7 Å². The number of hydrogen-bond donors (Lipinski definition) is 1. The summed E-state index contributed by atoms with van der Waals surface area (Å²) in [7, 11) is -0.682. The first-order chi connectivity index (χ1) is 12.9. The summed E-state index contributed by atoms with van der Waals surface area (Å²) < 4.78 is 38.5. The van der Waals surface area contributed by atoms with Gasteiger partial charge in [0.25, 0.3) is 12.3 Å². The highest BCUT2D eigenvalue weighted by atomic mass is 32.2. The number of thioether (sulfide) groups is 1. The van der Waals surface area contributed by atoms with Gasteiger partial charge >= 0.3 is 7.12 Å². The van der Waals surface area contributed by atoms with Crippen LogP contribution >= 0.6 is 11.8 Å². The fraction of sp³-hybridized carbons (Fsp3) is 0.450. The Morgan fingerprint density at radius 2 is 1.68 bits per heavy atom. The predicted molar refractivity (Wildman–Crippen MR) is 112 cm³/mol. The number of carbonyl (C=O) groups excluding carboxylic acids is 1. The average Bonchev–Trinajstić information content (AvgIpc) is 2.79. The van der Waals surface area contributed by atoms with Crippen molar-refractivity contribution in [3.63, 3.8) is 0 Å². The number of nitrogens with one attached hydrogen (secondary N) is 1. The van der Waals surface area contributed by atoms with E-state index in [0.717, 1.165) is 11.8 Å². The molecule has 4 nitrogen and oxygen atoms in total. The number of alkyl halides is 2. The highest BCUT2D eigenvalue weighted by Gasteiger charge is 2.52. The summed E-state index contributed by atoms with van der Waals surface area (Å²) in [6.45, 7) is 14.4. The molecular formula is C20H26BF2NO3S. The molecule has 1 aromatic rings. The van der Waals surface area contributed by atoms with Gasteiger partial charge in [-0.2, -0.15) is 0 Å².